The van der Waals surface area contributed by atoms with E-state index in [4.69, 9.17) is 0 Å². The van der Waals surface area contributed by atoms with Crippen molar-refractivity contribution in [3.63, 3.8) is 0 Å². The highest BCUT2D eigenvalue weighted by molar-refractivity contribution is 5.83. The molecule has 1 unspecified atom stereocenters. The largest absolute Gasteiger partial charge is 0.467 e. The SMILES string of the molecule is CC.COC(=O)C(Cc1ccccc1)NC(C)=O. The van der Waals surface area contributed by atoms with Gasteiger partial charge in [-0.1, -0.05) is 44.2 Å². The number of ether oxygens (including phenoxy) is 1. The number of esters is 1. The van der Waals surface area contributed by atoms with Crippen LogP contribution in [0.5, 0.6) is 0 Å². The van der Waals surface area contributed by atoms with Crippen molar-refractivity contribution in [2.24, 2.45) is 0 Å². The van der Waals surface area contributed by atoms with Gasteiger partial charge in [0.15, 0.2) is 0 Å². The lowest BCUT2D eigenvalue weighted by Crippen LogP contribution is -2.41. The fraction of sp³-hybridized carbons (Fsp3) is 0.429. The molecule has 0 fully saturated rings. The van der Waals surface area contributed by atoms with Crippen LogP contribution in [-0.2, 0) is 20.7 Å². The zero-order valence-corrected chi connectivity index (χ0v) is 11.4. The Morgan fingerprint density at radius 2 is 1.78 bits per heavy atom. The second kappa shape index (κ2) is 9.22. The number of carbonyl (C=O) groups excluding carboxylic acids is 2. The first-order valence-corrected chi connectivity index (χ1v) is 6.02. The van der Waals surface area contributed by atoms with Gasteiger partial charge in [-0.3, -0.25) is 4.79 Å². The van der Waals surface area contributed by atoms with Crippen LogP contribution in [0, 0.1) is 0 Å². The molecule has 0 heterocycles. The van der Waals surface area contributed by atoms with E-state index in [-0.39, 0.29) is 5.91 Å². The summed E-state index contributed by atoms with van der Waals surface area (Å²) in [6, 6.07) is 8.85. The van der Waals surface area contributed by atoms with Crippen LogP contribution in [0.1, 0.15) is 26.3 Å². The molecule has 100 valence electrons. The van der Waals surface area contributed by atoms with Crippen LogP contribution in [0.4, 0.5) is 0 Å². The third-order valence-corrected chi connectivity index (χ3v) is 2.15. The van der Waals surface area contributed by atoms with Gasteiger partial charge in [-0.25, -0.2) is 4.79 Å². The third-order valence-electron chi connectivity index (χ3n) is 2.15. The van der Waals surface area contributed by atoms with Gasteiger partial charge >= 0.3 is 5.97 Å². The minimum absolute atomic E-state index is 0.244. The van der Waals surface area contributed by atoms with Crippen LogP contribution in [-0.4, -0.2) is 25.0 Å². The summed E-state index contributed by atoms with van der Waals surface area (Å²) in [7, 11) is 1.31. The quantitative estimate of drug-likeness (QED) is 0.832. The Morgan fingerprint density at radius 1 is 1.22 bits per heavy atom. The van der Waals surface area contributed by atoms with E-state index in [1.807, 2.05) is 44.2 Å². The van der Waals surface area contributed by atoms with Crippen molar-refractivity contribution in [2.45, 2.75) is 33.2 Å². The second-order valence-corrected chi connectivity index (χ2v) is 3.47. The van der Waals surface area contributed by atoms with E-state index in [1.54, 1.807) is 0 Å². The standard InChI is InChI=1S/C12H15NO3.C2H6/c1-9(14)13-11(12(15)16-2)8-10-6-4-3-5-7-10;1-2/h3-7,11H,8H2,1-2H3,(H,13,14);1-2H3. The first kappa shape index (κ1) is 16.2. The minimum atomic E-state index is -0.620. The van der Waals surface area contributed by atoms with E-state index >= 15 is 0 Å². The van der Waals surface area contributed by atoms with Crippen molar-refractivity contribution in [2.75, 3.05) is 7.11 Å². The van der Waals surface area contributed by atoms with Gasteiger partial charge < -0.3 is 10.1 Å². The van der Waals surface area contributed by atoms with Gasteiger partial charge in [0, 0.05) is 13.3 Å². The minimum Gasteiger partial charge on any atom is -0.467 e. The maximum atomic E-state index is 11.4. The van der Waals surface area contributed by atoms with Gasteiger partial charge in [0.05, 0.1) is 7.11 Å². The summed E-state index contributed by atoms with van der Waals surface area (Å²) in [5.74, 6) is -0.676. The first-order valence-electron chi connectivity index (χ1n) is 6.02. The van der Waals surface area contributed by atoms with Crippen LogP contribution >= 0.6 is 0 Å². The van der Waals surface area contributed by atoms with Gasteiger partial charge in [-0.2, -0.15) is 0 Å². The number of hydrogen-bond acceptors (Lipinski definition) is 3. The van der Waals surface area contributed by atoms with Gasteiger partial charge in [-0.05, 0) is 5.56 Å². The lowest BCUT2D eigenvalue weighted by molar-refractivity contribution is -0.144. The van der Waals surface area contributed by atoms with E-state index < -0.39 is 12.0 Å². The van der Waals surface area contributed by atoms with Crippen LogP contribution in [0.25, 0.3) is 0 Å². The Labute approximate surface area is 108 Å². The number of carbonyl (C=O) groups is 2. The smallest absolute Gasteiger partial charge is 0.328 e. The Kier molecular flexibility index (Phi) is 8.27. The number of methoxy groups -OCH3 is 1. The molecule has 0 aliphatic rings. The molecule has 0 aliphatic heterocycles. The summed E-state index contributed by atoms with van der Waals surface area (Å²) >= 11 is 0. The lowest BCUT2D eigenvalue weighted by Gasteiger charge is -2.15. The van der Waals surface area contributed by atoms with Crippen LogP contribution < -0.4 is 5.32 Å². The van der Waals surface area contributed by atoms with Gasteiger partial charge in [-0.15, -0.1) is 0 Å². The van der Waals surface area contributed by atoms with Crippen molar-refractivity contribution in [3.05, 3.63) is 35.9 Å². The molecule has 1 aromatic carbocycles. The molecule has 0 saturated carbocycles. The zero-order valence-electron chi connectivity index (χ0n) is 11.4. The van der Waals surface area contributed by atoms with Crippen molar-refractivity contribution in [1.82, 2.24) is 5.32 Å². The second-order valence-electron chi connectivity index (χ2n) is 3.47. The van der Waals surface area contributed by atoms with Crippen LogP contribution in [0.2, 0.25) is 0 Å². The molecule has 1 atom stereocenters. The first-order chi connectivity index (χ1) is 8.63. The molecule has 0 bridgehead atoms. The summed E-state index contributed by atoms with van der Waals surface area (Å²) in [4.78, 5) is 22.4. The number of nitrogens with one attached hydrogen (secondary N) is 1. The van der Waals surface area contributed by atoms with E-state index in [0.29, 0.717) is 6.42 Å². The molecule has 1 N–H and O–H groups in total. The van der Waals surface area contributed by atoms with Crippen molar-refractivity contribution in [3.8, 4) is 0 Å². The number of hydrogen-bond donors (Lipinski definition) is 1. The summed E-state index contributed by atoms with van der Waals surface area (Å²) in [6.07, 6.45) is 0.438. The molecule has 18 heavy (non-hydrogen) atoms. The number of amides is 1. The Hall–Kier alpha value is -1.84. The molecule has 1 rings (SSSR count). The molecule has 0 aromatic heterocycles. The van der Waals surface area contributed by atoms with E-state index in [1.165, 1.54) is 14.0 Å². The van der Waals surface area contributed by atoms with E-state index in [2.05, 4.69) is 10.1 Å². The summed E-state index contributed by atoms with van der Waals surface area (Å²) < 4.78 is 4.63. The lowest BCUT2D eigenvalue weighted by atomic mass is 10.1. The maximum Gasteiger partial charge on any atom is 0.328 e. The Morgan fingerprint density at radius 3 is 2.22 bits per heavy atom. The monoisotopic (exact) mass is 251 g/mol. The molecule has 0 spiro atoms. The molecule has 0 saturated heterocycles. The topological polar surface area (TPSA) is 55.4 Å². The van der Waals surface area contributed by atoms with Gasteiger partial charge in [0.2, 0.25) is 5.91 Å². The summed E-state index contributed by atoms with van der Waals surface area (Å²) in [5, 5.41) is 2.57. The third kappa shape index (κ3) is 6.03. The molecule has 0 aliphatic carbocycles. The van der Waals surface area contributed by atoms with E-state index in [0.717, 1.165) is 5.56 Å². The van der Waals surface area contributed by atoms with E-state index in [9.17, 15) is 9.59 Å². The molecule has 4 nitrogen and oxygen atoms in total. The van der Waals surface area contributed by atoms with Gasteiger partial charge in [0.25, 0.3) is 0 Å². The Balaban J connectivity index is 0.00000137. The van der Waals surface area contributed by atoms with Crippen LogP contribution in [0.15, 0.2) is 30.3 Å². The fourth-order valence-corrected chi connectivity index (χ4v) is 1.43. The predicted octanol–water partition coefficient (Wildman–Crippen LogP) is 1.93. The van der Waals surface area contributed by atoms with Crippen molar-refractivity contribution in [1.29, 1.82) is 0 Å². The molecule has 0 radical (unpaired) electrons. The summed E-state index contributed by atoms with van der Waals surface area (Å²) in [5.41, 5.74) is 0.978. The zero-order chi connectivity index (χ0) is 14.0. The molecular weight excluding hydrogens is 230 g/mol. The molecular formula is C14H21NO3. The maximum absolute atomic E-state index is 11.4. The molecule has 4 heteroatoms. The predicted molar refractivity (Wildman–Crippen MR) is 71.1 cm³/mol. The van der Waals surface area contributed by atoms with Gasteiger partial charge in [0.1, 0.15) is 6.04 Å². The van der Waals surface area contributed by atoms with Crippen molar-refractivity contribution < 1.29 is 14.3 Å². The fourth-order valence-electron chi connectivity index (χ4n) is 1.43. The van der Waals surface area contributed by atoms with Crippen LogP contribution in [0.3, 0.4) is 0 Å². The molecule has 1 aromatic rings. The number of rotatable bonds is 4. The molecule has 1 amide bonds. The highest BCUT2D eigenvalue weighted by Crippen LogP contribution is 2.04. The Bertz CT molecular complexity index is 363. The highest BCUT2D eigenvalue weighted by atomic mass is 16.5. The highest BCUT2D eigenvalue weighted by Gasteiger charge is 2.20. The van der Waals surface area contributed by atoms with Crippen molar-refractivity contribution >= 4 is 11.9 Å². The summed E-state index contributed by atoms with van der Waals surface area (Å²) in [6.45, 7) is 5.38. The normalized spacial score (nSPS) is 10.7. The number of benzene rings is 1. The average molecular weight is 251 g/mol. The average Bonchev–Trinajstić information content (AvgIpc) is 2.40.